The van der Waals surface area contributed by atoms with Crippen molar-refractivity contribution in [1.82, 2.24) is 4.90 Å². The normalized spacial score (nSPS) is 14.5. The lowest BCUT2D eigenvalue weighted by atomic mass is 10.3. The minimum absolute atomic E-state index is 0.201. The number of ether oxygens (including phenoxy) is 1. The van der Waals surface area contributed by atoms with E-state index in [-0.39, 0.29) is 12.2 Å². The van der Waals surface area contributed by atoms with Crippen molar-refractivity contribution >= 4 is 0 Å². The van der Waals surface area contributed by atoms with Gasteiger partial charge in [0.2, 0.25) is 0 Å². The monoisotopic (exact) mass is 161 g/mol. The van der Waals surface area contributed by atoms with Gasteiger partial charge in [-0.05, 0) is 27.9 Å². The summed E-state index contributed by atoms with van der Waals surface area (Å²) in [7, 11) is 3.86. The first-order chi connectivity index (χ1) is 5.02. The van der Waals surface area contributed by atoms with Gasteiger partial charge >= 0.3 is 0 Å². The van der Waals surface area contributed by atoms with Gasteiger partial charge in [0.25, 0.3) is 0 Å². The van der Waals surface area contributed by atoms with E-state index in [1.807, 2.05) is 32.8 Å². The van der Waals surface area contributed by atoms with Crippen LogP contribution in [0, 0.1) is 0 Å². The van der Waals surface area contributed by atoms with Gasteiger partial charge in [-0.25, -0.2) is 0 Å². The molecule has 1 atom stereocenters. The first kappa shape index (κ1) is 10.9. The maximum atomic E-state index is 9.30. The molecule has 0 saturated heterocycles. The Kier molecular flexibility index (Phi) is 5.46. The highest BCUT2D eigenvalue weighted by Crippen LogP contribution is 1.92. The Hall–Kier alpha value is -0.120. The van der Waals surface area contributed by atoms with Crippen LogP contribution < -0.4 is 0 Å². The smallest absolute Gasteiger partial charge is 0.0900 e. The van der Waals surface area contributed by atoms with Gasteiger partial charge in [-0.1, -0.05) is 0 Å². The maximum Gasteiger partial charge on any atom is 0.0900 e. The van der Waals surface area contributed by atoms with E-state index in [1.165, 1.54) is 0 Å². The highest BCUT2D eigenvalue weighted by atomic mass is 16.5. The molecule has 0 aromatic heterocycles. The van der Waals surface area contributed by atoms with Gasteiger partial charge in [-0.3, -0.25) is 0 Å². The summed E-state index contributed by atoms with van der Waals surface area (Å²) in [6.45, 7) is 5.01. The van der Waals surface area contributed by atoms with Crippen molar-refractivity contribution in [3.63, 3.8) is 0 Å². The molecular weight excluding hydrogens is 142 g/mol. The van der Waals surface area contributed by atoms with Crippen LogP contribution in [0.2, 0.25) is 0 Å². The van der Waals surface area contributed by atoms with E-state index in [4.69, 9.17) is 4.74 Å². The molecule has 0 aliphatic rings. The molecule has 0 radical (unpaired) electrons. The summed E-state index contributed by atoms with van der Waals surface area (Å²) in [5.74, 6) is 0. The average molecular weight is 161 g/mol. The van der Waals surface area contributed by atoms with Crippen LogP contribution in [0.3, 0.4) is 0 Å². The zero-order chi connectivity index (χ0) is 8.85. The van der Waals surface area contributed by atoms with Crippen molar-refractivity contribution < 1.29 is 9.84 Å². The lowest BCUT2D eigenvalue weighted by Gasteiger charge is -2.17. The molecule has 0 fully saturated rings. The number of aliphatic hydroxyl groups is 1. The third kappa shape index (κ3) is 7.78. The van der Waals surface area contributed by atoms with Gasteiger partial charge in [0.1, 0.15) is 0 Å². The van der Waals surface area contributed by atoms with Crippen molar-refractivity contribution in [2.75, 3.05) is 27.2 Å². The van der Waals surface area contributed by atoms with E-state index in [2.05, 4.69) is 0 Å². The van der Waals surface area contributed by atoms with Crippen molar-refractivity contribution in [2.45, 2.75) is 26.1 Å². The maximum absolute atomic E-state index is 9.30. The summed E-state index contributed by atoms with van der Waals surface area (Å²) >= 11 is 0. The lowest BCUT2D eigenvalue weighted by molar-refractivity contribution is -0.00312. The Morgan fingerprint density at radius 1 is 1.36 bits per heavy atom. The largest absolute Gasteiger partial charge is 0.389 e. The van der Waals surface area contributed by atoms with Crippen LogP contribution in [0.5, 0.6) is 0 Å². The van der Waals surface area contributed by atoms with Crippen molar-refractivity contribution in [1.29, 1.82) is 0 Å². The molecule has 3 nitrogen and oxygen atoms in total. The summed E-state index contributed by atoms with van der Waals surface area (Å²) in [5, 5.41) is 9.30. The van der Waals surface area contributed by atoms with Gasteiger partial charge in [-0.15, -0.1) is 0 Å². The highest BCUT2D eigenvalue weighted by molar-refractivity contribution is 4.57. The van der Waals surface area contributed by atoms with Crippen LogP contribution in [0.1, 0.15) is 13.8 Å². The van der Waals surface area contributed by atoms with Crippen LogP contribution in [0.25, 0.3) is 0 Å². The van der Waals surface area contributed by atoms with Gasteiger partial charge in [0, 0.05) is 6.54 Å². The fourth-order valence-electron chi connectivity index (χ4n) is 0.778. The second-order valence-corrected chi connectivity index (χ2v) is 3.30. The number of nitrogens with zero attached hydrogens (tertiary/aromatic N) is 1. The minimum atomic E-state index is -0.368. The summed E-state index contributed by atoms with van der Waals surface area (Å²) in [5.41, 5.74) is 0. The average Bonchev–Trinajstić information content (AvgIpc) is 1.82. The topological polar surface area (TPSA) is 32.7 Å². The van der Waals surface area contributed by atoms with E-state index in [0.29, 0.717) is 13.2 Å². The van der Waals surface area contributed by atoms with Crippen LogP contribution in [-0.4, -0.2) is 49.5 Å². The van der Waals surface area contributed by atoms with Gasteiger partial charge in [0.05, 0.1) is 18.8 Å². The standard InChI is InChI=1S/C8H19NO2/c1-7(2)11-6-8(10)5-9(3)4/h7-8,10H,5-6H2,1-4H3/t8-/m1/s1. The summed E-state index contributed by atoms with van der Waals surface area (Å²) in [6, 6.07) is 0. The number of rotatable bonds is 5. The molecule has 0 unspecified atom stereocenters. The summed E-state index contributed by atoms with van der Waals surface area (Å²) in [4.78, 5) is 1.94. The van der Waals surface area contributed by atoms with Gasteiger partial charge < -0.3 is 14.7 Å². The fourth-order valence-corrected chi connectivity index (χ4v) is 0.778. The van der Waals surface area contributed by atoms with Crippen LogP contribution >= 0.6 is 0 Å². The molecule has 0 saturated carbocycles. The molecule has 0 aliphatic heterocycles. The second-order valence-electron chi connectivity index (χ2n) is 3.30. The first-order valence-electron chi connectivity index (χ1n) is 3.96. The Bertz CT molecular complexity index is 94.1. The molecule has 0 aliphatic carbocycles. The van der Waals surface area contributed by atoms with Crippen molar-refractivity contribution in [2.24, 2.45) is 0 Å². The number of aliphatic hydroxyl groups excluding tert-OH is 1. The molecule has 0 aromatic rings. The molecular formula is C8H19NO2. The molecule has 11 heavy (non-hydrogen) atoms. The Labute approximate surface area is 69.0 Å². The summed E-state index contributed by atoms with van der Waals surface area (Å²) in [6.07, 6.45) is -0.167. The van der Waals surface area contributed by atoms with Crippen LogP contribution in [0.15, 0.2) is 0 Å². The minimum Gasteiger partial charge on any atom is -0.389 e. The van der Waals surface area contributed by atoms with E-state index in [0.717, 1.165) is 0 Å². The lowest BCUT2D eigenvalue weighted by Crippen LogP contribution is -2.30. The van der Waals surface area contributed by atoms with Crippen molar-refractivity contribution in [3.05, 3.63) is 0 Å². The molecule has 0 amide bonds. The highest BCUT2D eigenvalue weighted by Gasteiger charge is 2.05. The molecule has 0 aromatic carbocycles. The van der Waals surface area contributed by atoms with Gasteiger partial charge in [0.15, 0.2) is 0 Å². The van der Waals surface area contributed by atoms with E-state index in [9.17, 15) is 5.11 Å². The third-order valence-corrected chi connectivity index (χ3v) is 1.20. The quantitative estimate of drug-likeness (QED) is 0.631. The van der Waals surface area contributed by atoms with E-state index < -0.39 is 0 Å². The molecule has 1 N–H and O–H groups in total. The fraction of sp³-hybridized carbons (Fsp3) is 1.00. The Morgan fingerprint density at radius 3 is 2.27 bits per heavy atom. The van der Waals surface area contributed by atoms with Gasteiger partial charge in [-0.2, -0.15) is 0 Å². The number of hydrogen-bond acceptors (Lipinski definition) is 3. The van der Waals surface area contributed by atoms with Crippen LogP contribution in [-0.2, 0) is 4.74 Å². The van der Waals surface area contributed by atoms with E-state index in [1.54, 1.807) is 0 Å². The molecule has 0 rings (SSSR count). The first-order valence-corrected chi connectivity index (χ1v) is 3.96. The predicted octanol–water partition coefficient (Wildman–Crippen LogP) is 0.334. The molecule has 68 valence electrons. The van der Waals surface area contributed by atoms with E-state index >= 15 is 0 Å². The van der Waals surface area contributed by atoms with Crippen LogP contribution in [0.4, 0.5) is 0 Å². The second kappa shape index (κ2) is 5.52. The Morgan fingerprint density at radius 2 is 1.91 bits per heavy atom. The number of likely N-dealkylation sites (N-methyl/N-ethyl adjacent to an activating group) is 1. The number of hydrogen-bond donors (Lipinski definition) is 1. The third-order valence-electron chi connectivity index (χ3n) is 1.20. The zero-order valence-electron chi connectivity index (χ0n) is 7.87. The SMILES string of the molecule is CC(C)OC[C@H](O)CN(C)C. The van der Waals surface area contributed by atoms with Crippen molar-refractivity contribution in [3.8, 4) is 0 Å². The summed E-state index contributed by atoms with van der Waals surface area (Å²) < 4.78 is 5.23. The molecule has 0 bridgehead atoms. The Balaban J connectivity index is 3.29. The molecule has 0 spiro atoms. The zero-order valence-corrected chi connectivity index (χ0v) is 7.87. The predicted molar refractivity (Wildman–Crippen MR) is 45.6 cm³/mol. The molecule has 3 heteroatoms. The molecule has 0 heterocycles.